The lowest BCUT2D eigenvalue weighted by atomic mass is 10.0. The molecule has 0 aromatic heterocycles. The third-order valence-electron chi connectivity index (χ3n) is 12.5. The lowest BCUT2D eigenvalue weighted by molar-refractivity contribution is -0.167. The number of hydrogen-bond acceptors (Lipinski definition) is 6. The van der Waals surface area contributed by atoms with Gasteiger partial charge in [0.15, 0.2) is 6.10 Å². The summed E-state index contributed by atoms with van der Waals surface area (Å²) in [7, 11) is 0. The highest BCUT2D eigenvalue weighted by Gasteiger charge is 2.19. The molecule has 0 rings (SSSR count). The molecule has 0 N–H and O–H groups in total. The summed E-state index contributed by atoms with van der Waals surface area (Å²) in [5.74, 6) is 0.780. The van der Waals surface area contributed by atoms with Crippen molar-refractivity contribution >= 4 is 17.9 Å². The fourth-order valence-electron chi connectivity index (χ4n) is 8.34. The minimum Gasteiger partial charge on any atom is -0.462 e. The van der Waals surface area contributed by atoms with Crippen LogP contribution in [0.4, 0.5) is 0 Å². The monoisotopic (exact) mass is 863 g/mol. The van der Waals surface area contributed by atoms with Crippen molar-refractivity contribution in [3.63, 3.8) is 0 Å². The van der Waals surface area contributed by atoms with Gasteiger partial charge in [-0.1, -0.05) is 266 Å². The molecule has 362 valence electrons. The Morgan fingerprint density at radius 3 is 0.803 bits per heavy atom. The Morgan fingerprint density at radius 1 is 0.311 bits per heavy atom. The van der Waals surface area contributed by atoms with E-state index >= 15 is 0 Å². The first-order chi connectivity index (χ1) is 29.7. The van der Waals surface area contributed by atoms with E-state index in [2.05, 4.69) is 34.6 Å². The smallest absolute Gasteiger partial charge is 0.306 e. The van der Waals surface area contributed by atoms with Gasteiger partial charge >= 0.3 is 17.9 Å². The van der Waals surface area contributed by atoms with Gasteiger partial charge in [0.2, 0.25) is 0 Å². The average Bonchev–Trinajstić information content (AvgIpc) is 3.23. The van der Waals surface area contributed by atoms with Crippen LogP contribution in [0.5, 0.6) is 0 Å². The number of ether oxygens (including phenoxy) is 3. The van der Waals surface area contributed by atoms with Crippen LogP contribution in [0.2, 0.25) is 0 Å². The molecule has 0 saturated carbocycles. The third-order valence-corrected chi connectivity index (χ3v) is 12.5. The highest BCUT2D eigenvalue weighted by Crippen LogP contribution is 2.18. The molecule has 0 fully saturated rings. The molecule has 61 heavy (non-hydrogen) atoms. The Bertz CT molecular complexity index is 931. The minimum atomic E-state index is -0.762. The van der Waals surface area contributed by atoms with Crippen LogP contribution in [0, 0.1) is 11.8 Å². The molecule has 0 unspecified atom stereocenters. The quantitative estimate of drug-likeness (QED) is 0.0344. The topological polar surface area (TPSA) is 78.9 Å². The molecule has 1 atom stereocenters. The van der Waals surface area contributed by atoms with Crippen LogP contribution in [0.3, 0.4) is 0 Å². The van der Waals surface area contributed by atoms with E-state index in [9.17, 15) is 14.4 Å². The van der Waals surface area contributed by atoms with Gasteiger partial charge in [0.25, 0.3) is 0 Å². The Kier molecular flexibility index (Phi) is 46.6. The van der Waals surface area contributed by atoms with Crippen LogP contribution in [0.15, 0.2) is 0 Å². The summed E-state index contributed by atoms with van der Waals surface area (Å²) in [5, 5.41) is 0. The Morgan fingerprint density at radius 2 is 0.541 bits per heavy atom. The summed E-state index contributed by atoms with van der Waals surface area (Å²) < 4.78 is 16.8. The van der Waals surface area contributed by atoms with Crippen molar-refractivity contribution in [2.45, 2.75) is 310 Å². The molecule has 0 aliphatic carbocycles. The lowest BCUT2D eigenvalue weighted by Gasteiger charge is -2.18. The normalized spacial score (nSPS) is 12.0. The second kappa shape index (κ2) is 47.9. The SMILES string of the molecule is CCCCCCCCCCCCCCCCCCCC(=O)OC[C@@H](COC(=O)CCCCCCCCCCCCCCC(C)C)OC(=O)CCCCCCCCCCC(C)C. The second-order valence-electron chi connectivity index (χ2n) is 19.8. The second-order valence-corrected chi connectivity index (χ2v) is 19.8. The maximum absolute atomic E-state index is 12.8. The summed E-state index contributed by atoms with van der Waals surface area (Å²) in [4.78, 5) is 38.0. The average molecular weight is 863 g/mol. The molecule has 0 radical (unpaired) electrons. The van der Waals surface area contributed by atoms with Crippen LogP contribution in [0.25, 0.3) is 0 Å². The van der Waals surface area contributed by atoms with Crippen molar-refractivity contribution in [1.29, 1.82) is 0 Å². The molecule has 0 aromatic carbocycles. The van der Waals surface area contributed by atoms with Gasteiger partial charge in [-0.25, -0.2) is 0 Å². The van der Waals surface area contributed by atoms with Gasteiger partial charge in [0.05, 0.1) is 0 Å². The molecule has 0 amide bonds. The van der Waals surface area contributed by atoms with Gasteiger partial charge in [-0.05, 0) is 31.1 Å². The molecule has 0 saturated heterocycles. The first-order valence-electron chi connectivity index (χ1n) is 27.2. The first kappa shape index (κ1) is 59.4. The molecule has 0 aromatic rings. The van der Waals surface area contributed by atoms with E-state index in [0.717, 1.165) is 69.6 Å². The van der Waals surface area contributed by atoms with E-state index < -0.39 is 6.10 Å². The van der Waals surface area contributed by atoms with E-state index in [1.807, 2.05) is 0 Å². The fourth-order valence-corrected chi connectivity index (χ4v) is 8.34. The van der Waals surface area contributed by atoms with Crippen molar-refractivity contribution in [1.82, 2.24) is 0 Å². The number of carbonyl (C=O) groups excluding carboxylic acids is 3. The zero-order valence-electron chi connectivity index (χ0n) is 41.8. The Balaban J connectivity index is 4.27. The van der Waals surface area contributed by atoms with Crippen molar-refractivity contribution in [2.75, 3.05) is 13.2 Å². The Hall–Kier alpha value is -1.59. The standard InChI is InChI=1S/C55H106O6/c1-6-7-8-9-10-11-12-13-14-15-16-17-21-24-30-35-40-45-53(56)59-48-52(61-55(58)47-42-37-32-27-26-29-34-39-44-51(4)5)49-60-54(57)46-41-36-31-25-22-19-18-20-23-28-33-38-43-50(2)3/h50-52H,6-49H2,1-5H3/t52-/m0/s1. The van der Waals surface area contributed by atoms with Crippen molar-refractivity contribution in [3.8, 4) is 0 Å². The van der Waals surface area contributed by atoms with Gasteiger partial charge in [-0.2, -0.15) is 0 Å². The molecular formula is C55H106O6. The zero-order chi connectivity index (χ0) is 44.7. The van der Waals surface area contributed by atoms with E-state index in [0.29, 0.717) is 19.3 Å². The van der Waals surface area contributed by atoms with E-state index in [1.54, 1.807) is 0 Å². The summed E-state index contributed by atoms with van der Waals surface area (Å²) in [6, 6.07) is 0. The first-order valence-corrected chi connectivity index (χ1v) is 27.2. The largest absolute Gasteiger partial charge is 0.462 e. The molecule has 0 bridgehead atoms. The van der Waals surface area contributed by atoms with Crippen LogP contribution >= 0.6 is 0 Å². The van der Waals surface area contributed by atoms with E-state index in [4.69, 9.17) is 14.2 Å². The highest BCUT2D eigenvalue weighted by molar-refractivity contribution is 5.71. The van der Waals surface area contributed by atoms with Crippen molar-refractivity contribution in [2.24, 2.45) is 11.8 Å². The number of hydrogen-bond donors (Lipinski definition) is 0. The maximum atomic E-state index is 12.8. The maximum Gasteiger partial charge on any atom is 0.306 e. The molecule has 0 aliphatic rings. The molecule has 0 spiro atoms. The predicted molar refractivity (Wildman–Crippen MR) is 261 cm³/mol. The van der Waals surface area contributed by atoms with Crippen LogP contribution in [0.1, 0.15) is 304 Å². The lowest BCUT2D eigenvalue weighted by Crippen LogP contribution is -2.30. The van der Waals surface area contributed by atoms with Crippen molar-refractivity contribution in [3.05, 3.63) is 0 Å². The zero-order valence-corrected chi connectivity index (χ0v) is 41.8. The van der Waals surface area contributed by atoms with Crippen molar-refractivity contribution < 1.29 is 28.6 Å². The molecule has 0 heterocycles. The van der Waals surface area contributed by atoms with Gasteiger partial charge < -0.3 is 14.2 Å². The van der Waals surface area contributed by atoms with Gasteiger partial charge in [-0.3, -0.25) is 14.4 Å². The molecule has 6 heteroatoms. The summed E-state index contributed by atoms with van der Waals surface area (Å²) >= 11 is 0. The van der Waals surface area contributed by atoms with Gasteiger partial charge in [0, 0.05) is 19.3 Å². The van der Waals surface area contributed by atoms with Gasteiger partial charge in [-0.15, -0.1) is 0 Å². The Labute approximate surface area is 380 Å². The number of rotatable bonds is 49. The predicted octanol–water partition coefficient (Wildman–Crippen LogP) is 17.7. The van der Waals surface area contributed by atoms with Crippen LogP contribution < -0.4 is 0 Å². The summed E-state index contributed by atoms with van der Waals surface area (Å²) in [6.07, 6.45) is 49.5. The molecule has 6 nitrogen and oxygen atoms in total. The highest BCUT2D eigenvalue weighted by atomic mass is 16.6. The van der Waals surface area contributed by atoms with E-state index in [1.165, 1.54) is 193 Å². The summed E-state index contributed by atoms with van der Waals surface area (Å²) in [5.41, 5.74) is 0. The molecule has 0 aliphatic heterocycles. The minimum absolute atomic E-state index is 0.0637. The molecular weight excluding hydrogens is 757 g/mol. The van der Waals surface area contributed by atoms with Gasteiger partial charge in [0.1, 0.15) is 13.2 Å². The van der Waals surface area contributed by atoms with Crippen LogP contribution in [-0.4, -0.2) is 37.2 Å². The summed E-state index contributed by atoms with van der Waals surface area (Å²) in [6.45, 7) is 11.4. The number of unbranched alkanes of at least 4 members (excludes halogenated alkanes) is 34. The van der Waals surface area contributed by atoms with Crippen LogP contribution in [-0.2, 0) is 28.6 Å². The third kappa shape index (κ3) is 49.3. The van der Waals surface area contributed by atoms with E-state index in [-0.39, 0.29) is 31.1 Å². The fraction of sp³-hybridized carbons (Fsp3) is 0.945. The number of carbonyl (C=O) groups is 3. The number of esters is 3.